The molecule has 0 aromatic heterocycles. The summed E-state index contributed by atoms with van der Waals surface area (Å²) in [6, 6.07) is -0.433. The van der Waals surface area contributed by atoms with E-state index in [0.29, 0.717) is 0 Å². The van der Waals surface area contributed by atoms with Gasteiger partial charge < -0.3 is 5.11 Å². The molecule has 2 amide bonds. The lowest BCUT2D eigenvalue weighted by Gasteiger charge is -2.01. The predicted octanol–water partition coefficient (Wildman–Crippen LogP) is -1.15. The van der Waals surface area contributed by atoms with Crippen LogP contribution in [0.1, 0.15) is 0 Å². The molecule has 1 aliphatic heterocycles. The van der Waals surface area contributed by atoms with Crippen molar-refractivity contribution in [3.8, 4) is 0 Å². The van der Waals surface area contributed by atoms with Gasteiger partial charge >= 0.3 is 6.03 Å². The fraction of sp³-hybridized carbons (Fsp3) is 0.667. The number of rotatable bonds is 0. The molecule has 1 aliphatic rings. The van der Waals surface area contributed by atoms with Gasteiger partial charge in [0.15, 0.2) is 0 Å². The van der Waals surface area contributed by atoms with Gasteiger partial charge in [0.1, 0.15) is 0 Å². The largest absolute Gasteiger partial charge is 0.350 e. The Bertz CT molecular complexity index is 115. The highest BCUT2D eigenvalue weighted by Crippen LogP contribution is 1.97. The highest BCUT2D eigenvalue weighted by molar-refractivity contribution is 5.73. The van der Waals surface area contributed by atoms with Gasteiger partial charge in [-0.1, -0.05) is 0 Å². The zero-order valence-corrected chi connectivity index (χ0v) is 4.29. The smallest absolute Gasteiger partial charge is 0.345 e. The number of amides is 2. The summed E-state index contributed by atoms with van der Waals surface area (Å²) in [6.45, 7) is 0. The summed E-state index contributed by atoms with van der Waals surface area (Å²) in [5, 5.41) is 11.5. The van der Waals surface area contributed by atoms with Crippen molar-refractivity contribution in [3.63, 3.8) is 0 Å². The number of nitrogens with zero attached hydrogens (tertiary/aromatic N) is 1. The van der Waals surface area contributed by atoms with Crippen LogP contribution in [0.25, 0.3) is 0 Å². The number of urea groups is 1. The van der Waals surface area contributed by atoms with Gasteiger partial charge in [-0.05, 0) is 0 Å². The van der Waals surface area contributed by atoms with Gasteiger partial charge in [0, 0.05) is 7.05 Å². The van der Waals surface area contributed by atoms with E-state index in [1.807, 2.05) is 0 Å². The minimum atomic E-state index is -1.17. The second kappa shape index (κ2) is 1.61. The number of aliphatic hydroxyl groups excluding tert-OH is 1. The Labute approximate surface area is 45.8 Å². The lowest BCUT2D eigenvalue weighted by Crippen LogP contribution is -2.26. The van der Waals surface area contributed by atoms with Crippen LogP contribution in [-0.2, 0) is 4.84 Å². The molecule has 8 heavy (non-hydrogen) atoms. The molecule has 1 saturated heterocycles. The van der Waals surface area contributed by atoms with Crippen LogP contribution in [-0.4, -0.2) is 29.7 Å². The number of nitrogens with one attached hydrogen (secondary N) is 1. The molecule has 0 aromatic carbocycles. The molecule has 1 atom stereocenters. The molecule has 0 aliphatic carbocycles. The maximum atomic E-state index is 10.3. The minimum Gasteiger partial charge on any atom is -0.350 e. The van der Waals surface area contributed by atoms with Crippen molar-refractivity contribution in [2.45, 2.75) is 6.41 Å². The summed E-state index contributed by atoms with van der Waals surface area (Å²) in [7, 11) is 1.41. The van der Waals surface area contributed by atoms with Crippen molar-refractivity contribution in [2.75, 3.05) is 7.05 Å². The first-order valence-electron chi connectivity index (χ1n) is 2.09. The van der Waals surface area contributed by atoms with Gasteiger partial charge in [-0.25, -0.2) is 14.7 Å². The molecule has 1 unspecified atom stereocenters. The highest BCUT2D eigenvalue weighted by atomic mass is 16.8. The summed E-state index contributed by atoms with van der Waals surface area (Å²) < 4.78 is 0. The Balaban J connectivity index is 2.51. The average molecular weight is 118 g/mol. The molecule has 1 fully saturated rings. The monoisotopic (exact) mass is 118 g/mol. The zero-order chi connectivity index (χ0) is 6.15. The first-order valence-corrected chi connectivity index (χ1v) is 2.09. The number of aliphatic hydroxyl groups is 1. The van der Waals surface area contributed by atoms with Crippen LogP contribution in [0, 0.1) is 0 Å². The summed E-state index contributed by atoms with van der Waals surface area (Å²) in [6.07, 6.45) is -1.17. The normalized spacial score (nSPS) is 28.5. The van der Waals surface area contributed by atoms with Gasteiger partial charge in [0.2, 0.25) is 0 Å². The molecule has 0 aromatic rings. The van der Waals surface area contributed by atoms with E-state index in [1.165, 1.54) is 7.05 Å². The van der Waals surface area contributed by atoms with Gasteiger partial charge in [0.05, 0.1) is 0 Å². The van der Waals surface area contributed by atoms with Crippen LogP contribution in [0.15, 0.2) is 0 Å². The molecular weight excluding hydrogens is 112 g/mol. The maximum Gasteiger partial charge on any atom is 0.345 e. The van der Waals surface area contributed by atoms with E-state index in [4.69, 9.17) is 5.11 Å². The summed E-state index contributed by atoms with van der Waals surface area (Å²) in [5.41, 5.74) is 0. The Kier molecular flexibility index (Phi) is 1.07. The predicted molar refractivity (Wildman–Crippen MR) is 23.4 cm³/mol. The number of carbonyl (C=O) groups is 1. The van der Waals surface area contributed by atoms with E-state index in [0.717, 1.165) is 5.06 Å². The second-order valence-electron chi connectivity index (χ2n) is 1.40. The Hall–Kier alpha value is -0.810. The molecule has 0 radical (unpaired) electrons. The standard InChI is InChI=1S/C3H6N2O3/c1-5-2(6)4-3(7)8-5/h3,7H,1H3,(H,4,6). The molecule has 1 heterocycles. The van der Waals surface area contributed by atoms with Gasteiger partial charge in [-0.3, -0.25) is 5.32 Å². The van der Waals surface area contributed by atoms with Crippen molar-refractivity contribution in [1.29, 1.82) is 0 Å². The Morgan fingerprint density at radius 2 is 2.62 bits per heavy atom. The third kappa shape index (κ3) is 0.728. The van der Waals surface area contributed by atoms with Crippen molar-refractivity contribution in [1.82, 2.24) is 10.4 Å². The van der Waals surface area contributed by atoms with Crippen LogP contribution >= 0.6 is 0 Å². The van der Waals surface area contributed by atoms with Crippen molar-refractivity contribution < 1.29 is 14.7 Å². The van der Waals surface area contributed by atoms with Crippen molar-refractivity contribution >= 4 is 6.03 Å². The average Bonchev–Trinajstić information content (AvgIpc) is 1.85. The van der Waals surface area contributed by atoms with E-state index in [-0.39, 0.29) is 0 Å². The van der Waals surface area contributed by atoms with Crippen LogP contribution in [0.4, 0.5) is 4.79 Å². The molecular formula is C3H6N2O3. The first kappa shape index (κ1) is 5.33. The SMILES string of the molecule is CN1OC(O)NC1=O. The van der Waals surface area contributed by atoms with Crippen LogP contribution in [0.2, 0.25) is 0 Å². The molecule has 46 valence electrons. The zero-order valence-electron chi connectivity index (χ0n) is 4.29. The van der Waals surface area contributed by atoms with Crippen molar-refractivity contribution in [2.24, 2.45) is 0 Å². The van der Waals surface area contributed by atoms with E-state index in [9.17, 15) is 4.79 Å². The second-order valence-corrected chi connectivity index (χ2v) is 1.40. The lowest BCUT2D eigenvalue weighted by atomic mass is 10.9. The van der Waals surface area contributed by atoms with Gasteiger partial charge in [-0.2, -0.15) is 0 Å². The van der Waals surface area contributed by atoms with E-state index in [2.05, 4.69) is 10.2 Å². The van der Waals surface area contributed by atoms with Gasteiger partial charge in [0.25, 0.3) is 6.41 Å². The number of carbonyl (C=O) groups excluding carboxylic acids is 1. The minimum absolute atomic E-state index is 0.433. The topological polar surface area (TPSA) is 61.8 Å². The maximum absolute atomic E-state index is 10.3. The van der Waals surface area contributed by atoms with Crippen molar-refractivity contribution in [3.05, 3.63) is 0 Å². The van der Waals surface area contributed by atoms with Gasteiger partial charge in [-0.15, -0.1) is 0 Å². The summed E-state index contributed by atoms with van der Waals surface area (Å²) in [4.78, 5) is 14.7. The Morgan fingerprint density at radius 3 is 2.75 bits per heavy atom. The highest BCUT2D eigenvalue weighted by Gasteiger charge is 2.23. The Morgan fingerprint density at radius 1 is 2.00 bits per heavy atom. The first-order chi connectivity index (χ1) is 3.70. The van der Waals surface area contributed by atoms with Crippen LogP contribution in [0.3, 0.4) is 0 Å². The number of hydrogen-bond donors (Lipinski definition) is 2. The third-order valence-corrected chi connectivity index (χ3v) is 0.791. The molecule has 0 saturated carbocycles. The lowest BCUT2D eigenvalue weighted by molar-refractivity contribution is -0.193. The number of hydroxylamine groups is 2. The fourth-order valence-electron chi connectivity index (χ4n) is 0.421. The molecule has 0 bridgehead atoms. The van der Waals surface area contributed by atoms with Crippen LogP contribution < -0.4 is 5.32 Å². The van der Waals surface area contributed by atoms with E-state index < -0.39 is 12.4 Å². The molecule has 5 nitrogen and oxygen atoms in total. The summed E-state index contributed by atoms with van der Waals surface area (Å²) in [5.74, 6) is 0. The van der Waals surface area contributed by atoms with E-state index in [1.54, 1.807) is 0 Å². The third-order valence-electron chi connectivity index (χ3n) is 0.791. The quantitative estimate of drug-likeness (QED) is 0.422. The fourth-order valence-corrected chi connectivity index (χ4v) is 0.421. The molecule has 0 spiro atoms. The van der Waals surface area contributed by atoms with E-state index >= 15 is 0 Å². The summed E-state index contributed by atoms with van der Waals surface area (Å²) >= 11 is 0. The molecule has 5 heteroatoms. The number of hydrogen-bond acceptors (Lipinski definition) is 3. The molecule has 1 rings (SSSR count). The molecule has 2 N–H and O–H groups in total. The van der Waals surface area contributed by atoms with Crippen LogP contribution in [0.5, 0.6) is 0 Å².